The summed E-state index contributed by atoms with van der Waals surface area (Å²) in [5, 5.41) is 14.8. The molecule has 0 aliphatic heterocycles. The molecule has 2 rings (SSSR count). The smallest absolute Gasteiger partial charge is 0.392 e. The molecule has 1 aliphatic carbocycles. The van der Waals surface area contributed by atoms with Crippen molar-refractivity contribution in [3.63, 3.8) is 0 Å². The summed E-state index contributed by atoms with van der Waals surface area (Å²) in [4.78, 5) is 0. The second-order valence-electron chi connectivity index (χ2n) is 5.85. The summed E-state index contributed by atoms with van der Waals surface area (Å²) in [5.41, 5.74) is 1.29. The zero-order chi connectivity index (χ0) is 15.8. The number of aliphatic hydroxyl groups excluding tert-OH is 1. The first-order valence-corrected chi connectivity index (χ1v) is 7.52. The van der Waals surface area contributed by atoms with Gasteiger partial charge in [0.25, 0.3) is 0 Å². The Balaban J connectivity index is 2.16. The van der Waals surface area contributed by atoms with Gasteiger partial charge in [0.05, 0.1) is 17.7 Å². The molecule has 1 heterocycles. The minimum Gasteiger partial charge on any atom is -0.392 e. The van der Waals surface area contributed by atoms with Crippen molar-refractivity contribution in [3.05, 3.63) is 16.4 Å². The predicted octanol–water partition coefficient (Wildman–Crippen LogP) is 3.65. The summed E-state index contributed by atoms with van der Waals surface area (Å²) in [7, 11) is 1.67. The molecule has 3 nitrogen and oxygen atoms in total. The molecule has 0 bridgehead atoms. The second-order valence-corrected chi connectivity index (χ2v) is 6.20. The van der Waals surface area contributed by atoms with E-state index in [0.29, 0.717) is 29.3 Å². The lowest BCUT2D eigenvalue weighted by atomic mass is 9.74. The molecule has 1 aliphatic rings. The van der Waals surface area contributed by atoms with Gasteiger partial charge in [0, 0.05) is 19.0 Å². The van der Waals surface area contributed by atoms with Gasteiger partial charge in [-0.25, -0.2) is 0 Å². The Kier molecular flexibility index (Phi) is 4.88. The summed E-state index contributed by atoms with van der Waals surface area (Å²) < 4.78 is 40.8. The lowest BCUT2D eigenvalue weighted by Gasteiger charge is -2.36. The van der Waals surface area contributed by atoms with Gasteiger partial charge in [0.2, 0.25) is 0 Å². The summed E-state index contributed by atoms with van der Waals surface area (Å²) >= 11 is 6.09. The van der Waals surface area contributed by atoms with Crippen LogP contribution in [-0.2, 0) is 13.5 Å². The molecule has 0 radical (unpaired) electrons. The largest absolute Gasteiger partial charge is 0.392 e. The van der Waals surface area contributed by atoms with E-state index in [1.165, 1.54) is 4.68 Å². The number of hydrogen-bond acceptors (Lipinski definition) is 2. The summed E-state index contributed by atoms with van der Waals surface area (Å²) in [5.74, 6) is -2.17. The molecule has 0 aromatic carbocycles. The quantitative estimate of drug-likeness (QED) is 0.921. The molecular formula is C14H20ClF3N2O. The van der Waals surface area contributed by atoms with Gasteiger partial charge in [0.1, 0.15) is 5.15 Å². The minimum absolute atomic E-state index is 0.102. The Morgan fingerprint density at radius 2 is 2.00 bits per heavy atom. The number of nitrogens with zero attached hydrogens (tertiary/aromatic N) is 2. The number of rotatable bonds is 3. The van der Waals surface area contributed by atoms with E-state index >= 15 is 0 Å². The van der Waals surface area contributed by atoms with Crippen molar-refractivity contribution in [2.75, 3.05) is 0 Å². The second kappa shape index (κ2) is 6.16. The molecule has 21 heavy (non-hydrogen) atoms. The summed E-state index contributed by atoms with van der Waals surface area (Å²) in [6.45, 7) is 1.75. The molecular weight excluding hydrogens is 305 g/mol. The van der Waals surface area contributed by atoms with Crippen molar-refractivity contribution in [2.24, 2.45) is 18.9 Å². The van der Waals surface area contributed by atoms with E-state index in [0.717, 1.165) is 6.42 Å². The maximum Gasteiger partial charge on any atom is 0.392 e. The molecule has 1 fully saturated rings. The fraction of sp³-hybridized carbons (Fsp3) is 0.786. The number of hydrogen-bond donors (Lipinski definition) is 1. The van der Waals surface area contributed by atoms with Crippen LogP contribution in [0, 0.1) is 18.8 Å². The van der Waals surface area contributed by atoms with E-state index in [2.05, 4.69) is 5.10 Å². The van der Waals surface area contributed by atoms with Gasteiger partial charge in [-0.1, -0.05) is 24.4 Å². The maximum atomic E-state index is 13.1. The van der Waals surface area contributed by atoms with Crippen molar-refractivity contribution in [2.45, 2.75) is 51.3 Å². The first-order valence-electron chi connectivity index (χ1n) is 7.14. The average molecular weight is 325 g/mol. The van der Waals surface area contributed by atoms with Crippen molar-refractivity contribution in [3.8, 4) is 0 Å². The van der Waals surface area contributed by atoms with Gasteiger partial charge in [-0.15, -0.1) is 0 Å². The molecule has 7 heteroatoms. The Bertz CT molecular complexity index is 501. The van der Waals surface area contributed by atoms with Crippen molar-refractivity contribution in [1.82, 2.24) is 9.78 Å². The van der Waals surface area contributed by atoms with Crippen LogP contribution in [0.15, 0.2) is 0 Å². The number of aryl methyl sites for hydroxylation is 2. The van der Waals surface area contributed by atoms with Crippen molar-refractivity contribution >= 4 is 11.6 Å². The molecule has 3 atom stereocenters. The van der Waals surface area contributed by atoms with Gasteiger partial charge in [-0.3, -0.25) is 4.68 Å². The van der Waals surface area contributed by atoms with Crippen LogP contribution in [0.5, 0.6) is 0 Å². The molecule has 3 unspecified atom stereocenters. The van der Waals surface area contributed by atoms with E-state index < -0.39 is 24.1 Å². The zero-order valence-electron chi connectivity index (χ0n) is 12.1. The molecule has 1 N–H and O–H groups in total. The monoisotopic (exact) mass is 324 g/mol. The first-order chi connectivity index (χ1) is 9.71. The first kappa shape index (κ1) is 16.6. The molecule has 0 saturated heterocycles. The Morgan fingerprint density at radius 1 is 1.38 bits per heavy atom. The molecule has 1 aromatic rings. The van der Waals surface area contributed by atoms with Crippen LogP contribution in [0.4, 0.5) is 13.2 Å². The van der Waals surface area contributed by atoms with E-state index in [4.69, 9.17) is 11.6 Å². The highest BCUT2D eigenvalue weighted by Crippen LogP contribution is 2.43. The van der Waals surface area contributed by atoms with Crippen LogP contribution in [-0.4, -0.2) is 27.2 Å². The lowest BCUT2D eigenvalue weighted by molar-refractivity contribution is -0.206. The fourth-order valence-electron chi connectivity index (χ4n) is 3.29. The van der Waals surface area contributed by atoms with Gasteiger partial charge in [-0.2, -0.15) is 18.3 Å². The van der Waals surface area contributed by atoms with Crippen LogP contribution < -0.4 is 0 Å². The van der Waals surface area contributed by atoms with Crippen LogP contribution in [0.3, 0.4) is 0 Å². The van der Waals surface area contributed by atoms with E-state index in [1.54, 1.807) is 14.0 Å². The van der Waals surface area contributed by atoms with Gasteiger partial charge in [-0.05, 0) is 25.7 Å². The summed E-state index contributed by atoms with van der Waals surface area (Å²) in [6, 6.07) is 0. The van der Waals surface area contributed by atoms with Gasteiger partial charge >= 0.3 is 6.18 Å². The van der Waals surface area contributed by atoms with Crippen LogP contribution in [0.1, 0.15) is 36.9 Å². The highest BCUT2D eigenvalue weighted by molar-refractivity contribution is 6.30. The average Bonchev–Trinajstić information content (AvgIpc) is 2.64. The fourth-order valence-corrected chi connectivity index (χ4v) is 3.54. The Morgan fingerprint density at radius 3 is 2.52 bits per heavy atom. The third kappa shape index (κ3) is 3.54. The van der Waals surface area contributed by atoms with Crippen LogP contribution in [0.2, 0.25) is 5.15 Å². The van der Waals surface area contributed by atoms with E-state index in [9.17, 15) is 18.3 Å². The number of aliphatic hydroxyl groups is 1. The number of halogens is 4. The standard InChI is InChI=1S/C14H20ClF3N2O/c1-8-10(13(15)20(2)19-8)7-12(21)9-5-3-4-6-11(9)14(16,17)18/h9,11-12,21H,3-7H2,1-2H3. The van der Waals surface area contributed by atoms with E-state index in [1.807, 2.05) is 0 Å². The topological polar surface area (TPSA) is 38.0 Å². The molecule has 1 aromatic heterocycles. The minimum atomic E-state index is -4.25. The highest BCUT2D eigenvalue weighted by Gasteiger charge is 2.47. The summed E-state index contributed by atoms with van der Waals surface area (Å²) in [6.07, 6.45) is -3.37. The van der Waals surface area contributed by atoms with Crippen molar-refractivity contribution in [1.29, 1.82) is 0 Å². The normalized spacial score (nSPS) is 25.1. The SMILES string of the molecule is Cc1nn(C)c(Cl)c1CC(O)C1CCCCC1C(F)(F)F. The zero-order valence-corrected chi connectivity index (χ0v) is 12.9. The molecule has 120 valence electrons. The molecule has 1 saturated carbocycles. The lowest BCUT2D eigenvalue weighted by Crippen LogP contribution is -2.40. The molecule has 0 spiro atoms. The molecule has 0 amide bonds. The Hall–Kier alpha value is -0.750. The van der Waals surface area contributed by atoms with Gasteiger partial charge < -0.3 is 5.11 Å². The third-order valence-corrected chi connectivity index (χ3v) is 4.89. The van der Waals surface area contributed by atoms with E-state index in [-0.39, 0.29) is 12.8 Å². The van der Waals surface area contributed by atoms with Gasteiger partial charge in [0.15, 0.2) is 0 Å². The number of alkyl halides is 3. The maximum absolute atomic E-state index is 13.1. The van der Waals surface area contributed by atoms with Crippen LogP contribution in [0.25, 0.3) is 0 Å². The predicted molar refractivity (Wildman–Crippen MR) is 74.2 cm³/mol. The Labute approximate surface area is 127 Å². The highest BCUT2D eigenvalue weighted by atomic mass is 35.5. The van der Waals surface area contributed by atoms with Crippen LogP contribution >= 0.6 is 11.6 Å². The number of aromatic nitrogens is 2. The van der Waals surface area contributed by atoms with Crippen molar-refractivity contribution < 1.29 is 18.3 Å². The third-order valence-electron chi connectivity index (χ3n) is 4.42.